The first-order valence-corrected chi connectivity index (χ1v) is 8.39. The molecule has 1 nitrogen and oxygen atoms in total. The van der Waals surface area contributed by atoms with Crippen LogP contribution in [0.5, 0.6) is 0 Å². The molecule has 0 aliphatic heterocycles. The first kappa shape index (κ1) is 14.4. The lowest BCUT2D eigenvalue weighted by atomic mass is 9.93. The van der Waals surface area contributed by atoms with Gasteiger partial charge in [-0.05, 0) is 31.9 Å². The summed E-state index contributed by atoms with van der Waals surface area (Å²) in [6.45, 7) is 4.61. The van der Waals surface area contributed by atoms with E-state index in [2.05, 4.69) is 37.2 Å². The molecule has 1 aliphatic rings. The smallest absolute Gasteiger partial charge is 0.0198 e. The Balaban J connectivity index is 2.40. The van der Waals surface area contributed by atoms with Crippen LogP contribution in [0.1, 0.15) is 65.2 Å². The monoisotopic (exact) mass is 243 g/mol. The van der Waals surface area contributed by atoms with Crippen molar-refractivity contribution in [3.05, 3.63) is 0 Å². The van der Waals surface area contributed by atoms with Gasteiger partial charge in [-0.2, -0.15) is 11.8 Å². The highest BCUT2D eigenvalue weighted by atomic mass is 32.2. The van der Waals surface area contributed by atoms with Crippen LogP contribution in [0.25, 0.3) is 0 Å². The maximum absolute atomic E-state index is 3.94. The minimum absolute atomic E-state index is 0.771. The molecule has 2 heteroatoms. The lowest BCUT2D eigenvalue weighted by Gasteiger charge is -2.34. The maximum atomic E-state index is 3.94. The Morgan fingerprint density at radius 2 is 1.75 bits per heavy atom. The average molecular weight is 243 g/mol. The van der Waals surface area contributed by atoms with E-state index in [1.165, 1.54) is 51.4 Å². The Morgan fingerprint density at radius 1 is 1.12 bits per heavy atom. The number of thioether (sulfide) groups is 1. The summed E-state index contributed by atoms with van der Waals surface area (Å²) in [5.41, 5.74) is 0. The Morgan fingerprint density at radius 3 is 2.31 bits per heavy atom. The van der Waals surface area contributed by atoms with Crippen LogP contribution in [0.3, 0.4) is 0 Å². The zero-order valence-corrected chi connectivity index (χ0v) is 12.1. The van der Waals surface area contributed by atoms with Gasteiger partial charge in [0.05, 0.1) is 0 Å². The van der Waals surface area contributed by atoms with Gasteiger partial charge in [0.15, 0.2) is 0 Å². The number of nitrogens with one attached hydrogen (secondary N) is 1. The molecule has 0 radical (unpaired) electrons. The van der Waals surface area contributed by atoms with Gasteiger partial charge in [-0.15, -0.1) is 0 Å². The van der Waals surface area contributed by atoms with Gasteiger partial charge in [-0.3, -0.25) is 0 Å². The fourth-order valence-electron chi connectivity index (χ4n) is 2.88. The molecule has 0 saturated heterocycles. The van der Waals surface area contributed by atoms with E-state index in [-0.39, 0.29) is 0 Å². The van der Waals surface area contributed by atoms with E-state index in [1.54, 1.807) is 0 Å². The SMILES string of the molecule is CCCC(CCC)NC1CCCCC1SC. The number of hydrogen-bond donors (Lipinski definition) is 1. The molecule has 16 heavy (non-hydrogen) atoms. The largest absolute Gasteiger partial charge is 0.310 e. The van der Waals surface area contributed by atoms with Crippen molar-refractivity contribution in [3.8, 4) is 0 Å². The molecule has 0 aromatic rings. The first-order valence-electron chi connectivity index (χ1n) is 7.10. The predicted molar refractivity (Wildman–Crippen MR) is 76.3 cm³/mol. The van der Waals surface area contributed by atoms with Crippen molar-refractivity contribution in [2.45, 2.75) is 82.5 Å². The van der Waals surface area contributed by atoms with Gasteiger partial charge in [-0.1, -0.05) is 39.5 Å². The Labute approximate surface area is 106 Å². The number of rotatable bonds is 7. The Bertz CT molecular complexity index is 166. The van der Waals surface area contributed by atoms with Crippen molar-refractivity contribution in [2.75, 3.05) is 6.26 Å². The standard InChI is InChI=1S/C14H29NS/c1-4-8-12(9-5-2)15-13-10-6-7-11-14(13)16-3/h12-15H,4-11H2,1-3H3. The topological polar surface area (TPSA) is 12.0 Å². The Kier molecular flexibility index (Phi) is 7.55. The zero-order chi connectivity index (χ0) is 11.8. The van der Waals surface area contributed by atoms with Crippen molar-refractivity contribution in [2.24, 2.45) is 0 Å². The maximum Gasteiger partial charge on any atom is 0.0198 e. The molecule has 0 heterocycles. The molecule has 0 aromatic carbocycles. The molecule has 96 valence electrons. The van der Waals surface area contributed by atoms with Crippen LogP contribution in [-0.2, 0) is 0 Å². The molecule has 0 spiro atoms. The molecule has 1 aliphatic carbocycles. The second kappa shape index (κ2) is 8.41. The normalized spacial score (nSPS) is 26.2. The third kappa shape index (κ3) is 4.67. The van der Waals surface area contributed by atoms with Crippen molar-refractivity contribution in [3.63, 3.8) is 0 Å². The van der Waals surface area contributed by atoms with Crippen LogP contribution >= 0.6 is 11.8 Å². The summed E-state index contributed by atoms with van der Waals surface area (Å²) in [7, 11) is 0. The lowest BCUT2D eigenvalue weighted by molar-refractivity contribution is 0.323. The van der Waals surface area contributed by atoms with E-state index in [9.17, 15) is 0 Å². The summed E-state index contributed by atoms with van der Waals surface area (Å²) >= 11 is 2.07. The summed E-state index contributed by atoms with van der Waals surface area (Å²) in [5, 5.41) is 4.80. The van der Waals surface area contributed by atoms with Crippen LogP contribution in [0.2, 0.25) is 0 Å². The van der Waals surface area contributed by atoms with Crippen LogP contribution < -0.4 is 5.32 Å². The van der Waals surface area contributed by atoms with Crippen LogP contribution in [0.4, 0.5) is 0 Å². The summed E-state index contributed by atoms with van der Waals surface area (Å²) in [4.78, 5) is 0. The van der Waals surface area contributed by atoms with E-state index in [0.29, 0.717) is 0 Å². The van der Waals surface area contributed by atoms with Gasteiger partial charge in [-0.25, -0.2) is 0 Å². The van der Waals surface area contributed by atoms with Gasteiger partial charge < -0.3 is 5.32 Å². The van der Waals surface area contributed by atoms with E-state index < -0.39 is 0 Å². The molecule has 0 bridgehead atoms. The summed E-state index contributed by atoms with van der Waals surface area (Å²) < 4.78 is 0. The first-order chi connectivity index (χ1) is 7.81. The fourth-order valence-corrected chi connectivity index (χ4v) is 3.83. The van der Waals surface area contributed by atoms with Gasteiger partial charge in [0.2, 0.25) is 0 Å². The lowest BCUT2D eigenvalue weighted by Crippen LogP contribution is -2.45. The summed E-state index contributed by atoms with van der Waals surface area (Å²) in [6.07, 6.45) is 13.3. The molecular formula is C14H29NS. The summed E-state index contributed by atoms with van der Waals surface area (Å²) in [5.74, 6) is 0. The molecule has 2 atom stereocenters. The van der Waals surface area contributed by atoms with Crippen LogP contribution in [0.15, 0.2) is 0 Å². The highest BCUT2D eigenvalue weighted by Crippen LogP contribution is 2.28. The van der Waals surface area contributed by atoms with Gasteiger partial charge in [0, 0.05) is 17.3 Å². The highest BCUT2D eigenvalue weighted by Gasteiger charge is 2.25. The molecule has 1 fully saturated rings. The van der Waals surface area contributed by atoms with E-state index >= 15 is 0 Å². The van der Waals surface area contributed by atoms with E-state index in [0.717, 1.165) is 17.3 Å². The quantitative estimate of drug-likeness (QED) is 0.718. The van der Waals surface area contributed by atoms with E-state index in [4.69, 9.17) is 0 Å². The van der Waals surface area contributed by atoms with Crippen molar-refractivity contribution in [1.29, 1.82) is 0 Å². The van der Waals surface area contributed by atoms with Gasteiger partial charge in [0.25, 0.3) is 0 Å². The summed E-state index contributed by atoms with van der Waals surface area (Å²) in [6, 6.07) is 1.56. The molecule has 1 rings (SSSR count). The molecular weight excluding hydrogens is 214 g/mol. The molecule has 2 unspecified atom stereocenters. The second-order valence-corrected chi connectivity index (χ2v) is 6.18. The third-order valence-corrected chi connectivity index (χ3v) is 4.90. The highest BCUT2D eigenvalue weighted by molar-refractivity contribution is 7.99. The van der Waals surface area contributed by atoms with E-state index in [1.807, 2.05) is 0 Å². The van der Waals surface area contributed by atoms with Crippen molar-refractivity contribution in [1.82, 2.24) is 5.32 Å². The predicted octanol–water partition coefficient (Wildman–Crippen LogP) is 4.22. The fraction of sp³-hybridized carbons (Fsp3) is 1.00. The Hall–Kier alpha value is 0.310. The molecule has 0 aromatic heterocycles. The minimum atomic E-state index is 0.771. The zero-order valence-electron chi connectivity index (χ0n) is 11.3. The van der Waals surface area contributed by atoms with Crippen LogP contribution in [-0.4, -0.2) is 23.6 Å². The molecule has 0 amide bonds. The third-order valence-electron chi connectivity index (χ3n) is 3.73. The minimum Gasteiger partial charge on any atom is -0.310 e. The second-order valence-electron chi connectivity index (χ2n) is 5.11. The molecule has 1 N–H and O–H groups in total. The molecule has 1 saturated carbocycles. The van der Waals surface area contributed by atoms with Gasteiger partial charge >= 0.3 is 0 Å². The number of hydrogen-bond acceptors (Lipinski definition) is 2. The van der Waals surface area contributed by atoms with Crippen LogP contribution in [0, 0.1) is 0 Å². The van der Waals surface area contributed by atoms with Crippen molar-refractivity contribution < 1.29 is 0 Å². The average Bonchev–Trinajstić information content (AvgIpc) is 2.30. The van der Waals surface area contributed by atoms with Gasteiger partial charge in [0.1, 0.15) is 0 Å². The van der Waals surface area contributed by atoms with Crippen molar-refractivity contribution >= 4 is 11.8 Å².